The number of ether oxygens (including phenoxy) is 1. The average molecular weight is 508 g/mol. The predicted molar refractivity (Wildman–Crippen MR) is 141 cm³/mol. The fraction of sp³-hybridized carbons (Fsp3) is 0.0769. The zero-order valence-corrected chi connectivity index (χ0v) is 20.4. The Labute approximate surface area is 211 Å². The van der Waals surface area contributed by atoms with Gasteiger partial charge in [-0.2, -0.15) is 0 Å². The van der Waals surface area contributed by atoms with Crippen LogP contribution in [0.3, 0.4) is 0 Å². The number of aromatic nitrogens is 1. The number of halogens is 2. The van der Waals surface area contributed by atoms with Gasteiger partial charge >= 0.3 is 0 Å². The van der Waals surface area contributed by atoms with Crippen molar-refractivity contribution in [2.45, 2.75) is 6.54 Å². The molecule has 5 nitrogen and oxygen atoms in total. The van der Waals surface area contributed by atoms with Crippen molar-refractivity contribution in [2.24, 2.45) is 4.99 Å². The topological polar surface area (TPSA) is 55.6 Å². The molecule has 0 saturated carbocycles. The monoisotopic (exact) mass is 507 g/mol. The summed E-state index contributed by atoms with van der Waals surface area (Å²) in [6.07, 6.45) is 3.96. The van der Waals surface area contributed by atoms with Gasteiger partial charge < -0.3 is 14.6 Å². The van der Waals surface area contributed by atoms with Gasteiger partial charge in [0.2, 0.25) is 0 Å². The van der Waals surface area contributed by atoms with Gasteiger partial charge in [-0.3, -0.25) is 4.79 Å². The lowest BCUT2D eigenvalue weighted by atomic mass is 10.1. The molecule has 0 spiro atoms. The first-order valence-electron chi connectivity index (χ1n) is 10.5. The Kier molecular flexibility index (Phi) is 6.37. The van der Waals surface area contributed by atoms with Crippen LogP contribution in [-0.4, -0.2) is 22.8 Å². The first kappa shape index (κ1) is 22.6. The van der Waals surface area contributed by atoms with Crippen molar-refractivity contribution < 1.29 is 9.53 Å². The molecule has 0 unspecified atom stereocenters. The lowest BCUT2D eigenvalue weighted by Crippen LogP contribution is -2.19. The molecule has 1 fully saturated rings. The fourth-order valence-corrected chi connectivity index (χ4v) is 4.90. The number of thioether (sulfide) groups is 1. The summed E-state index contributed by atoms with van der Waals surface area (Å²) in [7, 11) is 1.62. The molecule has 0 radical (unpaired) electrons. The Morgan fingerprint density at radius 1 is 1.06 bits per heavy atom. The second-order valence-electron chi connectivity index (χ2n) is 7.66. The highest BCUT2D eigenvalue weighted by atomic mass is 35.5. The number of fused-ring (bicyclic) bond motifs is 1. The Balaban J connectivity index is 1.44. The van der Waals surface area contributed by atoms with Crippen LogP contribution < -0.4 is 10.1 Å². The maximum absolute atomic E-state index is 12.6. The van der Waals surface area contributed by atoms with E-state index in [4.69, 9.17) is 27.9 Å². The molecule has 170 valence electrons. The molecule has 4 aromatic rings. The van der Waals surface area contributed by atoms with Gasteiger partial charge in [-0.25, -0.2) is 4.99 Å². The van der Waals surface area contributed by atoms with Gasteiger partial charge in [0, 0.05) is 29.2 Å². The molecule has 1 N–H and O–H groups in total. The number of methoxy groups -OCH3 is 1. The highest BCUT2D eigenvalue weighted by Gasteiger charge is 2.24. The van der Waals surface area contributed by atoms with Crippen molar-refractivity contribution in [3.8, 4) is 5.75 Å². The van der Waals surface area contributed by atoms with Crippen LogP contribution in [0.4, 0.5) is 5.69 Å². The number of nitrogens with one attached hydrogen (secondary N) is 1. The number of carbonyl (C=O) groups excluding carboxylic acids is 1. The van der Waals surface area contributed by atoms with E-state index in [1.807, 2.05) is 60.8 Å². The van der Waals surface area contributed by atoms with Gasteiger partial charge in [-0.05, 0) is 65.9 Å². The molecule has 34 heavy (non-hydrogen) atoms. The smallest absolute Gasteiger partial charge is 0.264 e. The molecule has 0 bridgehead atoms. The van der Waals surface area contributed by atoms with Gasteiger partial charge in [0.25, 0.3) is 5.91 Å². The van der Waals surface area contributed by atoms with Gasteiger partial charge in [0.1, 0.15) is 5.75 Å². The van der Waals surface area contributed by atoms with Crippen LogP contribution in [0, 0.1) is 0 Å². The summed E-state index contributed by atoms with van der Waals surface area (Å²) in [6, 6.07) is 21.1. The molecule has 2 heterocycles. The summed E-state index contributed by atoms with van der Waals surface area (Å²) in [6.45, 7) is 0.629. The Bertz CT molecular complexity index is 1460. The summed E-state index contributed by atoms with van der Waals surface area (Å²) < 4.78 is 7.32. The van der Waals surface area contributed by atoms with Crippen LogP contribution >= 0.6 is 35.0 Å². The fourth-order valence-electron chi connectivity index (χ4n) is 3.75. The minimum atomic E-state index is -0.168. The second kappa shape index (κ2) is 9.58. The lowest BCUT2D eigenvalue weighted by Gasteiger charge is -2.06. The van der Waals surface area contributed by atoms with E-state index in [1.165, 1.54) is 11.8 Å². The van der Waals surface area contributed by atoms with Crippen molar-refractivity contribution in [3.63, 3.8) is 0 Å². The largest absolute Gasteiger partial charge is 0.497 e. The van der Waals surface area contributed by atoms with E-state index in [9.17, 15) is 4.79 Å². The third-order valence-electron chi connectivity index (χ3n) is 5.40. The molecular weight excluding hydrogens is 489 g/mol. The number of nitrogens with zero attached hydrogens (tertiary/aromatic N) is 2. The number of para-hydroxylation sites is 1. The number of carbonyl (C=O) groups is 1. The van der Waals surface area contributed by atoms with E-state index >= 15 is 0 Å². The number of benzene rings is 3. The Morgan fingerprint density at radius 3 is 2.62 bits per heavy atom. The molecule has 1 aliphatic heterocycles. The summed E-state index contributed by atoms with van der Waals surface area (Å²) in [4.78, 5) is 17.8. The number of amides is 1. The molecule has 1 saturated heterocycles. The van der Waals surface area contributed by atoms with Gasteiger partial charge in [-0.15, -0.1) is 0 Å². The van der Waals surface area contributed by atoms with E-state index in [1.54, 1.807) is 13.2 Å². The van der Waals surface area contributed by atoms with E-state index in [-0.39, 0.29) is 5.91 Å². The predicted octanol–water partition coefficient (Wildman–Crippen LogP) is 6.90. The minimum absolute atomic E-state index is 0.168. The van der Waals surface area contributed by atoms with Crippen molar-refractivity contribution in [3.05, 3.63) is 99.0 Å². The number of aliphatic imine (C=N–C) groups is 1. The zero-order valence-electron chi connectivity index (χ0n) is 18.1. The first-order chi connectivity index (χ1) is 16.5. The molecule has 1 aliphatic rings. The maximum Gasteiger partial charge on any atom is 0.264 e. The molecule has 0 aliphatic carbocycles. The summed E-state index contributed by atoms with van der Waals surface area (Å²) >= 11 is 13.6. The maximum atomic E-state index is 12.6. The van der Waals surface area contributed by atoms with Crippen LogP contribution in [0.5, 0.6) is 5.75 Å². The molecule has 1 aromatic heterocycles. The van der Waals surface area contributed by atoms with Crippen LogP contribution in [0.25, 0.3) is 17.0 Å². The van der Waals surface area contributed by atoms with Crippen molar-refractivity contribution in [1.29, 1.82) is 0 Å². The van der Waals surface area contributed by atoms with E-state index in [2.05, 4.69) is 27.0 Å². The van der Waals surface area contributed by atoms with Gasteiger partial charge in [0.05, 0.1) is 27.7 Å². The second-order valence-corrected chi connectivity index (χ2v) is 9.50. The van der Waals surface area contributed by atoms with Crippen molar-refractivity contribution in [1.82, 2.24) is 9.88 Å². The van der Waals surface area contributed by atoms with Crippen LogP contribution in [0.1, 0.15) is 11.1 Å². The van der Waals surface area contributed by atoms with Gasteiger partial charge in [0.15, 0.2) is 5.17 Å². The molecular formula is C26H19Cl2N3O2S. The Hall–Kier alpha value is -3.19. The normalized spacial score (nSPS) is 15.9. The van der Waals surface area contributed by atoms with Crippen molar-refractivity contribution in [2.75, 3.05) is 7.11 Å². The lowest BCUT2D eigenvalue weighted by molar-refractivity contribution is -0.115. The number of rotatable bonds is 5. The third kappa shape index (κ3) is 4.71. The summed E-state index contributed by atoms with van der Waals surface area (Å²) in [5.74, 6) is 0.587. The zero-order chi connectivity index (χ0) is 23.7. The summed E-state index contributed by atoms with van der Waals surface area (Å²) in [5.41, 5.74) is 3.80. The van der Waals surface area contributed by atoms with Crippen LogP contribution in [-0.2, 0) is 11.3 Å². The van der Waals surface area contributed by atoms with Crippen LogP contribution in [0.15, 0.2) is 82.8 Å². The number of hydrogen-bond acceptors (Lipinski definition) is 4. The number of hydrogen-bond donors (Lipinski definition) is 1. The molecule has 1 amide bonds. The molecule has 0 atom stereocenters. The van der Waals surface area contributed by atoms with Crippen molar-refractivity contribution >= 4 is 68.7 Å². The first-order valence-corrected chi connectivity index (χ1v) is 12.0. The van der Waals surface area contributed by atoms with E-state index in [0.29, 0.717) is 26.7 Å². The quantitative estimate of drug-likeness (QED) is 0.299. The highest BCUT2D eigenvalue weighted by molar-refractivity contribution is 8.18. The third-order valence-corrected chi connectivity index (χ3v) is 7.05. The average Bonchev–Trinajstić information content (AvgIpc) is 3.36. The molecule has 5 rings (SSSR count). The minimum Gasteiger partial charge on any atom is -0.497 e. The number of amidine groups is 1. The summed E-state index contributed by atoms with van der Waals surface area (Å²) in [5, 5.41) is 5.51. The Morgan fingerprint density at radius 2 is 1.85 bits per heavy atom. The van der Waals surface area contributed by atoms with E-state index in [0.717, 1.165) is 33.5 Å². The standard InChI is InChI=1S/C26H19Cl2N3O2S/c1-33-19-9-7-18(8-10-19)29-26-30-25(32)24(34-26)13-17-15-31(23-5-3-2-4-20(17)23)14-16-6-11-21(27)22(28)12-16/h2-13,15H,14H2,1H3,(H,29,30,32)/b24-13+. The van der Waals surface area contributed by atoms with E-state index < -0.39 is 0 Å². The molecule has 8 heteroatoms. The highest BCUT2D eigenvalue weighted by Crippen LogP contribution is 2.32. The van der Waals surface area contributed by atoms with Crippen LogP contribution in [0.2, 0.25) is 10.0 Å². The SMILES string of the molecule is COc1ccc(N=C2NC(=O)/C(=C\c3cn(Cc4ccc(Cl)c(Cl)c4)c4ccccc34)S2)cc1. The van der Waals surface area contributed by atoms with Gasteiger partial charge in [-0.1, -0.05) is 47.5 Å². The molecule has 3 aromatic carbocycles.